The lowest BCUT2D eigenvalue weighted by Gasteiger charge is -2.27. The van der Waals surface area contributed by atoms with Gasteiger partial charge in [0, 0.05) is 32.2 Å². The summed E-state index contributed by atoms with van der Waals surface area (Å²) in [6.07, 6.45) is 0. The highest BCUT2D eigenvalue weighted by molar-refractivity contribution is 5.93. The third-order valence-electron chi connectivity index (χ3n) is 4.78. The third kappa shape index (κ3) is 5.41. The van der Waals surface area contributed by atoms with Crippen LogP contribution in [0.3, 0.4) is 0 Å². The molecule has 5 nitrogen and oxygen atoms in total. The number of nitrogens with zero attached hydrogens (tertiary/aromatic N) is 4. The van der Waals surface area contributed by atoms with Crippen molar-refractivity contribution in [1.29, 1.82) is 0 Å². The molecule has 0 atom stereocenters. The standard InChI is InChI=1S/C24H28N4O/c1-18(2)28(17-21-13-9-6-10-14-21)24(29)22-15-23(26-19(3)25-22)27(4)16-20-11-7-5-8-12-20/h5-15,18H,16-17H2,1-4H3. The number of benzene rings is 2. The minimum Gasteiger partial charge on any atom is -0.355 e. The Balaban J connectivity index is 1.84. The summed E-state index contributed by atoms with van der Waals surface area (Å²) in [6, 6.07) is 22.1. The largest absolute Gasteiger partial charge is 0.355 e. The lowest BCUT2D eigenvalue weighted by Crippen LogP contribution is -2.37. The van der Waals surface area contributed by atoms with Crippen molar-refractivity contribution < 1.29 is 4.79 Å². The zero-order valence-electron chi connectivity index (χ0n) is 17.5. The van der Waals surface area contributed by atoms with Gasteiger partial charge in [-0.05, 0) is 31.9 Å². The average Bonchev–Trinajstić information content (AvgIpc) is 2.72. The molecule has 3 rings (SSSR count). The van der Waals surface area contributed by atoms with Gasteiger partial charge in [-0.1, -0.05) is 60.7 Å². The van der Waals surface area contributed by atoms with Crippen molar-refractivity contribution in [3.63, 3.8) is 0 Å². The van der Waals surface area contributed by atoms with Crippen LogP contribution in [-0.2, 0) is 13.1 Å². The van der Waals surface area contributed by atoms with Crippen LogP contribution in [0.5, 0.6) is 0 Å². The summed E-state index contributed by atoms with van der Waals surface area (Å²) < 4.78 is 0. The summed E-state index contributed by atoms with van der Waals surface area (Å²) in [5, 5.41) is 0. The second kappa shape index (κ2) is 9.32. The van der Waals surface area contributed by atoms with E-state index in [1.807, 2.05) is 86.1 Å². The Hall–Kier alpha value is -3.21. The Kier molecular flexibility index (Phi) is 6.60. The van der Waals surface area contributed by atoms with Gasteiger partial charge in [0.1, 0.15) is 17.3 Å². The van der Waals surface area contributed by atoms with Crippen LogP contribution >= 0.6 is 0 Å². The highest BCUT2D eigenvalue weighted by Gasteiger charge is 2.22. The van der Waals surface area contributed by atoms with Crippen LogP contribution in [0.1, 0.15) is 41.3 Å². The maximum absolute atomic E-state index is 13.3. The van der Waals surface area contributed by atoms with Gasteiger partial charge < -0.3 is 9.80 Å². The van der Waals surface area contributed by atoms with Crippen LogP contribution < -0.4 is 4.90 Å². The molecule has 29 heavy (non-hydrogen) atoms. The van der Waals surface area contributed by atoms with E-state index in [-0.39, 0.29) is 11.9 Å². The molecule has 0 N–H and O–H groups in total. The number of hydrogen-bond donors (Lipinski definition) is 0. The molecule has 0 aliphatic heterocycles. The molecule has 3 aromatic rings. The highest BCUT2D eigenvalue weighted by atomic mass is 16.2. The zero-order valence-corrected chi connectivity index (χ0v) is 17.5. The molecule has 2 aromatic carbocycles. The van der Waals surface area contributed by atoms with Crippen LogP contribution in [0.4, 0.5) is 5.82 Å². The van der Waals surface area contributed by atoms with Crippen molar-refractivity contribution in [2.75, 3.05) is 11.9 Å². The maximum Gasteiger partial charge on any atom is 0.273 e. The van der Waals surface area contributed by atoms with Crippen LogP contribution in [-0.4, -0.2) is 33.9 Å². The molecule has 0 bridgehead atoms. The number of aryl methyl sites for hydroxylation is 1. The van der Waals surface area contributed by atoms with E-state index in [1.54, 1.807) is 6.07 Å². The van der Waals surface area contributed by atoms with E-state index >= 15 is 0 Å². The lowest BCUT2D eigenvalue weighted by atomic mass is 10.1. The average molecular weight is 389 g/mol. The maximum atomic E-state index is 13.3. The summed E-state index contributed by atoms with van der Waals surface area (Å²) in [7, 11) is 1.98. The fraction of sp³-hybridized carbons (Fsp3) is 0.292. The second-order valence-corrected chi connectivity index (χ2v) is 7.51. The Morgan fingerprint density at radius 3 is 2.00 bits per heavy atom. The molecule has 0 saturated carbocycles. The molecular weight excluding hydrogens is 360 g/mol. The summed E-state index contributed by atoms with van der Waals surface area (Å²) in [4.78, 5) is 26.2. The van der Waals surface area contributed by atoms with Crippen molar-refractivity contribution in [3.05, 3.63) is 89.4 Å². The predicted octanol–water partition coefficient (Wildman–Crippen LogP) is 4.47. The van der Waals surface area contributed by atoms with Crippen molar-refractivity contribution in [2.45, 2.75) is 39.9 Å². The summed E-state index contributed by atoms with van der Waals surface area (Å²) >= 11 is 0. The van der Waals surface area contributed by atoms with E-state index in [4.69, 9.17) is 0 Å². The molecule has 0 fully saturated rings. The van der Waals surface area contributed by atoms with E-state index in [0.717, 1.165) is 11.4 Å². The van der Waals surface area contributed by atoms with Crippen molar-refractivity contribution in [3.8, 4) is 0 Å². The molecule has 0 radical (unpaired) electrons. The third-order valence-corrected chi connectivity index (χ3v) is 4.78. The predicted molar refractivity (Wildman–Crippen MR) is 117 cm³/mol. The van der Waals surface area contributed by atoms with E-state index in [9.17, 15) is 4.79 Å². The van der Waals surface area contributed by atoms with E-state index in [2.05, 4.69) is 22.1 Å². The molecule has 1 aromatic heterocycles. The Labute approximate surface area is 173 Å². The van der Waals surface area contributed by atoms with Gasteiger partial charge >= 0.3 is 0 Å². The van der Waals surface area contributed by atoms with Gasteiger partial charge in [0.2, 0.25) is 0 Å². The summed E-state index contributed by atoms with van der Waals surface area (Å²) in [5.41, 5.74) is 2.71. The normalized spacial score (nSPS) is 10.8. The van der Waals surface area contributed by atoms with Crippen LogP contribution in [0, 0.1) is 6.92 Å². The molecular formula is C24H28N4O. The second-order valence-electron chi connectivity index (χ2n) is 7.51. The minimum absolute atomic E-state index is 0.0588. The first-order valence-electron chi connectivity index (χ1n) is 9.89. The first-order valence-corrected chi connectivity index (χ1v) is 9.89. The molecule has 0 aliphatic carbocycles. The van der Waals surface area contributed by atoms with Crippen LogP contribution in [0.2, 0.25) is 0 Å². The van der Waals surface area contributed by atoms with Gasteiger partial charge in [0.15, 0.2) is 0 Å². The number of hydrogen-bond acceptors (Lipinski definition) is 4. The molecule has 150 valence electrons. The number of carbonyl (C=O) groups excluding carboxylic acids is 1. The van der Waals surface area contributed by atoms with Crippen molar-refractivity contribution in [1.82, 2.24) is 14.9 Å². The number of aromatic nitrogens is 2. The first kappa shape index (κ1) is 20.5. The number of anilines is 1. The Morgan fingerprint density at radius 2 is 1.45 bits per heavy atom. The van der Waals surface area contributed by atoms with Gasteiger partial charge in [-0.25, -0.2) is 9.97 Å². The molecule has 5 heteroatoms. The molecule has 0 unspecified atom stereocenters. The topological polar surface area (TPSA) is 49.3 Å². The highest BCUT2D eigenvalue weighted by Crippen LogP contribution is 2.18. The first-order chi connectivity index (χ1) is 13.9. The van der Waals surface area contributed by atoms with Crippen LogP contribution in [0.25, 0.3) is 0 Å². The smallest absolute Gasteiger partial charge is 0.273 e. The van der Waals surface area contributed by atoms with E-state index in [0.29, 0.717) is 24.6 Å². The minimum atomic E-state index is -0.0799. The molecule has 1 heterocycles. The van der Waals surface area contributed by atoms with Crippen molar-refractivity contribution in [2.24, 2.45) is 0 Å². The van der Waals surface area contributed by atoms with Crippen molar-refractivity contribution >= 4 is 11.7 Å². The molecule has 0 aliphatic rings. The number of carbonyl (C=O) groups is 1. The molecule has 1 amide bonds. The SMILES string of the molecule is Cc1nc(C(=O)N(Cc2ccccc2)C(C)C)cc(N(C)Cc2ccccc2)n1. The van der Waals surface area contributed by atoms with Gasteiger partial charge in [0.05, 0.1) is 0 Å². The number of rotatable bonds is 7. The fourth-order valence-electron chi connectivity index (χ4n) is 3.21. The lowest BCUT2D eigenvalue weighted by molar-refractivity contribution is 0.0684. The van der Waals surface area contributed by atoms with E-state index in [1.165, 1.54) is 5.56 Å². The van der Waals surface area contributed by atoms with Gasteiger partial charge in [-0.2, -0.15) is 0 Å². The summed E-state index contributed by atoms with van der Waals surface area (Å²) in [6.45, 7) is 7.14. The zero-order chi connectivity index (χ0) is 20.8. The van der Waals surface area contributed by atoms with Gasteiger partial charge in [-0.15, -0.1) is 0 Å². The quantitative estimate of drug-likeness (QED) is 0.599. The molecule has 0 spiro atoms. The monoisotopic (exact) mass is 388 g/mol. The van der Waals surface area contributed by atoms with Gasteiger partial charge in [0.25, 0.3) is 5.91 Å². The fourth-order valence-corrected chi connectivity index (χ4v) is 3.21. The Morgan fingerprint density at radius 1 is 0.897 bits per heavy atom. The van der Waals surface area contributed by atoms with E-state index < -0.39 is 0 Å². The summed E-state index contributed by atoms with van der Waals surface area (Å²) in [5.74, 6) is 1.26. The molecule has 0 saturated heterocycles. The number of amides is 1. The van der Waals surface area contributed by atoms with Gasteiger partial charge in [-0.3, -0.25) is 4.79 Å². The Bertz CT molecular complexity index is 942. The van der Waals surface area contributed by atoms with Crippen LogP contribution in [0.15, 0.2) is 66.7 Å².